The first-order chi connectivity index (χ1) is 32.6. The molecule has 322 valence electrons. The quantitative estimate of drug-likeness (QED) is 0.161. The van der Waals surface area contributed by atoms with E-state index in [1.165, 1.54) is 84.5 Å². The summed E-state index contributed by atoms with van der Waals surface area (Å²) in [4.78, 5) is 5.26. The first-order valence-corrected chi connectivity index (χ1v) is 23.9. The van der Waals surface area contributed by atoms with Crippen LogP contribution in [0.5, 0.6) is 0 Å². The lowest BCUT2D eigenvalue weighted by molar-refractivity contribution is 0.332. The molecule has 0 atom stereocenters. The van der Waals surface area contributed by atoms with Gasteiger partial charge in [-0.2, -0.15) is 0 Å². The van der Waals surface area contributed by atoms with Crippen molar-refractivity contribution >= 4 is 68.1 Å². The predicted molar refractivity (Wildman–Crippen MR) is 284 cm³/mol. The maximum absolute atomic E-state index is 7.15. The van der Waals surface area contributed by atoms with Crippen molar-refractivity contribution in [3.05, 3.63) is 211 Å². The zero-order chi connectivity index (χ0) is 45.2. The van der Waals surface area contributed by atoms with E-state index in [-0.39, 0.29) is 17.7 Å². The van der Waals surface area contributed by atoms with E-state index in [1.54, 1.807) is 0 Å². The van der Waals surface area contributed by atoms with Gasteiger partial charge in [0.1, 0.15) is 11.2 Å². The molecular weight excluding hydrogens is 812 g/mol. The lowest BCUT2D eigenvalue weighted by Crippen LogP contribution is -2.61. The van der Waals surface area contributed by atoms with Crippen molar-refractivity contribution in [2.75, 3.05) is 9.71 Å². The Morgan fingerprint density at radius 1 is 0.463 bits per heavy atom. The molecule has 0 fully saturated rings. The van der Waals surface area contributed by atoms with Crippen LogP contribution in [-0.2, 0) is 10.8 Å². The van der Waals surface area contributed by atoms with Crippen LogP contribution in [0.15, 0.2) is 199 Å². The summed E-state index contributed by atoms with van der Waals surface area (Å²) in [6, 6.07) is 72.1. The van der Waals surface area contributed by atoms with E-state index in [0.717, 1.165) is 50.9 Å². The lowest BCUT2D eigenvalue weighted by atomic mass is 9.43. The van der Waals surface area contributed by atoms with E-state index in [0.29, 0.717) is 0 Å². The Hall–Kier alpha value is -7.56. The van der Waals surface area contributed by atoms with Crippen molar-refractivity contribution in [3.63, 3.8) is 0 Å². The first-order valence-electron chi connectivity index (χ1n) is 23.9. The van der Waals surface area contributed by atoms with Gasteiger partial charge in [-0.1, -0.05) is 179 Å². The Labute approximate surface area is 394 Å². The van der Waals surface area contributed by atoms with Gasteiger partial charge in [-0.25, -0.2) is 0 Å². The standard InChI is InChI=1S/C63H51BN2O/c1-40-34-51-52(63(4,5)33-32-62(51,2)3)39-55(40)65-54-31-29-45(42-20-11-7-12-21-42)36-53(54)64-60-57(65)38-50-48-26-15-16-27-58(48)67-61(50)59(60)49-30-28-46(43-22-13-8-14-23-43)37-56(49)66(64)47-25-17-24-44(35-47)41-18-9-6-10-19-41/h6-31,34-39H,32-33H2,1-5H3. The fourth-order valence-electron chi connectivity index (χ4n) is 11.8. The van der Waals surface area contributed by atoms with Gasteiger partial charge in [0.2, 0.25) is 0 Å². The lowest BCUT2D eigenvalue weighted by Gasteiger charge is -2.47. The molecule has 3 heterocycles. The highest BCUT2D eigenvalue weighted by molar-refractivity contribution is 6.94. The molecule has 4 heteroatoms. The summed E-state index contributed by atoms with van der Waals surface area (Å²) in [5.41, 5.74) is 24.0. The molecule has 1 aliphatic carbocycles. The Bertz CT molecular complexity index is 3610. The van der Waals surface area contributed by atoms with E-state index in [2.05, 4.69) is 238 Å². The molecule has 0 saturated carbocycles. The molecule has 0 unspecified atom stereocenters. The maximum atomic E-state index is 7.15. The topological polar surface area (TPSA) is 19.6 Å². The average molecular weight is 863 g/mol. The fraction of sp³-hybridized carbons (Fsp3) is 0.143. The van der Waals surface area contributed by atoms with Crippen molar-refractivity contribution in [1.82, 2.24) is 0 Å². The summed E-state index contributed by atoms with van der Waals surface area (Å²) < 4.78 is 7.15. The van der Waals surface area contributed by atoms with Crippen molar-refractivity contribution in [3.8, 4) is 44.5 Å². The summed E-state index contributed by atoms with van der Waals surface area (Å²) in [5, 5.41) is 2.26. The summed E-state index contributed by atoms with van der Waals surface area (Å²) in [6.45, 7) is 11.9. The van der Waals surface area contributed by atoms with Crippen LogP contribution in [-0.4, -0.2) is 6.85 Å². The second-order valence-electron chi connectivity index (χ2n) is 20.4. The number of benzene rings is 9. The highest BCUT2D eigenvalue weighted by Gasteiger charge is 2.48. The Morgan fingerprint density at radius 3 is 1.73 bits per heavy atom. The van der Waals surface area contributed by atoms with E-state index < -0.39 is 0 Å². The minimum atomic E-state index is -0.213. The van der Waals surface area contributed by atoms with Crippen LogP contribution in [0.25, 0.3) is 66.4 Å². The molecule has 13 rings (SSSR count). The summed E-state index contributed by atoms with van der Waals surface area (Å²) in [7, 11) is 0. The zero-order valence-corrected chi connectivity index (χ0v) is 38.8. The number of nitrogens with zero attached hydrogens (tertiary/aromatic N) is 2. The minimum Gasteiger partial charge on any atom is -0.455 e. The summed E-state index contributed by atoms with van der Waals surface area (Å²) in [5.74, 6) is 0. The maximum Gasteiger partial charge on any atom is 0.333 e. The van der Waals surface area contributed by atoms with Gasteiger partial charge in [0.15, 0.2) is 0 Å². The van der Waals surface area contributed by atoms with Gasteiger partial charge in [-0.15, -0.1) is 0 Å². The van der Waals surface area contributed by atoms with E-state index in [1.807, 2.05) is 0 Å². The van der Waals surface area contributed by atoms with Crippen LogP contribution < -0.4 is 20.6 Å². The normalized spacial score (nSPS) is 15.3. The molecule has 0 spiro atoms. The van der Waals surface area contributed by atoms with Crippen LogP contribution in [0, 0.1) is 6.92 Å². The van der Waals surface area contributed by atoms with Crippen molar-refractivity contribution in [2.45, 2.75) is 58.3 Å². The highest BCUT2D eigenvalue weighted by Crippen LogP contribution is 2.54. The highest BCUT2D eigenvalue weighted by atomic mass is 16.3. The van der Waals surface area contributed by atoms with E-state index >= 15 is 0 Å². The molecule has 3 aliphatic rings. The number of hydrogen-bond acceptors (Lipinski definition) is 3. The van der Waals surface area contributed by atoms with Crippen LogP contribution in [0.3, 0.4) is 0 Å². The van der Waals surface area contributed by atoms with Crippen molar-refractivity contribution in [2.24, 2.45) is 0 Å². The molecule has 67 heavy (non-hydrogen) atoms. The van der Waals surface area contributed by atoms with Gasteiger partial charge in [-0.3, -0.25) is 0 Å². The Morgan fingerprint density at radius 2 is 1.04 bits per heavy atom. The third-order valence-corrected chi connectivity index (χ3v) is 15.4. The van der Waals surface area contributed by atoms with Crippen LogP contribution in [0.2, 0.25) is 0 Å². The largest absolute Gasteiger partial charge is 0.455 e. The third-order valence-electron chi connectivity index (χ3n) is 15.4. The molecular formula is C63H51BN2O. The number of anilines is 5. The van der Waals surface area contributed by atoms with Gasteiger partial charge in [0, 0.05) is 50.3 Å². The van der Waals surface area contributed by atoms with Gasteiger partial charge < -0.3 is 14.1 Å². The summed E-state index contributed by atoms with van der Waals surface area (Å²) >= 11 is 0. The van der Waals surface area contributed by atoms with Crippen molar-refractivity contribution < 1.29 is 4.42 Å². The number of para-hydroxylation sites is 1. The molecule has 0 saturated heterocycles. The molecule has 0 bridgehead atoms. The molecule has 0 radical (unpaired) electrons. The van der Waals surface area contributed by atoms with E-state index in [9.17, 15) is 0 Å². The Kier molecular flexibility index (Phi) is 8.74. The van der Waals surface area contributed by atoms with Crippen LogP contribution in [0.1, 0.15) is 57.2 Å². The Balaban J connectivity index is 1.18. The minimum absolute atomic E-state index is 0.0335. The fourth-order valence-corrected chi connectivity index (χ4v) is 11.8. The number of hydrogen-bond donors (Lipinski definition) is 0. The monoisotopic (exact) mass is 862 g/mol. The SMILES string of the molecule is Cc1cc2c(cc1N1c3ccc(-c4ccccc4)cc3B3c4c1cc1c(oc5ccccc51)c4-c1ccc(-c4ccccc4)cc1N3c1cccc(-c3ccccc3)c1)C(C)(C)CCC2(C)C. The molecule has 10 aromatic rings. The van der Waals surface area contributed by atoms with Gasteiger partial charge in [-0.05, 0) is 134 Å². The molecule has 3 nitrogen and oxygen atoms in total. The number of rotatable bonds is 5. The average Bonchev–Trinajstić information content (AvgIpc) is 3.74. The smallest absolute Gasteiger partial charge is 0.333 e. The van der Waals surface area contributed by atoms with Gasteiger partial charge in [0.05, 0.1) is 0 Å². The zero-order valence-electron chi connectivity index (χ0n) is 38.8. The molecule has 0 amide bonds. The molecule has 1 aromatic heterocycles. The second-order valence-corrected chi connectivity index (χ2v) is 20.4. The number of fused-ring (bicyclic) bond motifs is 9. The third kappa shape index (κ3) is 6.12. The molecule has 0 N–H and O–H groups in total. The van der Waals surface area contributed by atoms with Gasteiger partial charge in [0.25, 0.3) is 0 Å². The van der Waals surface area contributed by atoms with Crippen molar-refractivity contribution in [1.29, 1.82) is 0 Å². The predicted octanol–water partition coefficient (Wildman–Crippen LogP) is 16.0. The molecule has 9 aromatic carbocycles. The van der Waals surface area contributed by atoms with E-state index in [4.69, 9.17) is 4.42 Å². The van der Waals surface area contributed by atoms with Crippen LogP contribution in [0.4, 0.5) is 28.4 Å². The number of aryl methyl sites for hydroxylation is 1. The summed E-state index contributed by atoms with van der Waals surface area (Å²) in [6.07, 6.45) is 2.32. The second kappa shape index (κ2) is 14.7. The van der Waals surface area contributed by atoms with Crippen LogP contribution >= 0.6 is 0 Å². The number of furan rings is 1. The van der Waals surface area contributed by atoms with Gasteiger partial charge >= 0.3 is 6.85 Å². The molecule has 2 aliphatic heterocycles. The first kappa shape index (κ1) is 39.8.